The number of thiophene rings is 1. The summed E-state index contributed by atoms with van der Waals surface area (Å²) < 4.78 is 0. The summed E-state index contributed by atoms with van der Waals surface area (Å²) in [6.07, 6.45) is 0. The number of fused-ring (bicyclic) bond motifs is 1. The molecule has 0 aliphatic carbocycles. The summed E-state index contributed by atoms with van der Waals surface area (Å²) in [5.41, 5.74) is 0. The molecule has 0 spiro atoms. The zero-order chi connectivity index (χ0) is 11.7. The molecule has 0 aromatic carbocycles. The molecule has 2 rings (SSSR count). The van der Waals surface area contributed by atoms with Crippen LogP contribution in [-0.2, 0) is 0 Å². The molecule has 0 bridgehead atoms. The summed E-state index contributed by atoms with van der Waals surface area (Å²) in [5.74, 6) is 1.58. The third kappa shape index (κ3) is 2.09. The quantitative estimate of drug-likeness (QED) is 0.860. The number of nitrogens with one attached hydrogen (secondary N) is 2. The Kier molecular flexibility index (Phi) is 2.96. The van der Waals surface area contributed by atoms with Gasteiger partial charge >= 0.3 is 0 Å². The van der Waals surface area contributed by atoms with Crippen LogP contribution in [0.15, 0.2) is 6.07 Å². The molecule has 0 unspecified atom stereocenters. The number of rotatable bonds is 3. The maximum Gasteiger partial charge on any atom is 0.225 e. The molecular weight excluding hydrogens is 220 g/mol. The van der Waals surface area contributed by atoms with Crippen LogP contribution in [-0.4, -0.2) is 23.1 Å². The van der Waals surface area contributed by atoms with Gasteiger partial charge in [0.1, 0.15) is 10.6 Å². The molecule has 2 heterocycles. The van der Waals surface area contributed by atoms with E-state index in [0.29, 0.717) is 12.0 Å². The maximum absolute atomic E-state index is 4.45. The Morgan fingerprint density at radius 3 is 2.69 bits per heavy atom. The average Bonchev–Trinajstić information content (AvgIpc) is 2.57. The number of hydrogen-bond acceptors (Lipinski definition) is 5. The van der Waals surface area contributed by atoms with E-state index in [1.165, 1.54) is 4.88 Å². The molecule has 2 aromatic heterocycles. The minimum atomic E-state index is 0.364. The maximum atomic E-state index is 4.45. The van der Waals surface area contributed by atoms with E-state index in [0.717, 1.165) is 16.0 Å². The predicted molar refractivity (Wildman–Crippen MR) is 70.5 cm³/mol. The van der Waals surface area contributed by atoms with Crippen LogP contribution < -0.4 is 10.6 Å². The topological polar surface area (TPSA) is 49.8 Å². The molecular formula is C11H16N4S. The first kappa shape index (κ1) is 11.1. The Bertz CT molecular complexity index is 504. The Morgan fingerprint density at radius 1 is 1.31 bits per heavy atom. The molecule has 4 nitrogen and oxygen atoms in total. The highest BCUT2D eigenvalue weighted by Crippen LogP contribution is 2.29. The fraction of sp³-hybridized carbons (Fsp3) is 0.455. The van der Waals surface area contributed by atoms with Crippen molar-refractivity contribution in [1.29, 1.82) is 0 Å². The fourth-order valence-electron chi connectivity index (χ4n) is 1.54. The van der Waals surface area contributed by atoms with E-state index in [9.17, 15) is 0 Å². The van der Waals surface area contributed by atoms with Gasteiger partial charge in [-0.1, -0.05) is 0 Å². The summed E-state index contributed by atoms with van der Waals surface area (Å²) in [6.45, 7) is 6.29. The van der Waals surface area contributed by atoms with E-state index < -0.39 is 0 Å². The van der Waals surface area contributed by atoms with Gasteiger partial charge in [-0.15, -0.1) is 11.3 Å². The van der Waals surface area contributed by atoms with Crippen molar-refractivity contribution in [2.45, 2.75) is 26.8 Å². The summed E-state index contributed by atoms with van der Waals surface area (Å²) in [4.78, 5) is 11.2. The van der Waals surface area contributed by atoms with Crippen molar-refractivity contribution in [3.63, 3.8) is 0 Å². The number of hydrogen-bond donors (Lipinski definition) is 2. The third-order valence-corrected chi connectivity index (χ3v) is 3.11. The van der Waals surface area contributed by atoms with Crippen LogP contribution in [0.25, 0.3) is 10.2 Å². The lowest BCUT2D eigenvalue weighted by atomic mass is 10.3. The van der Waals surface area contributed by atoms with Gasteiger partial charge in [-0.3, -0.25) is 0 Å². The zero-order valence-electron chi connectivity index (χ0n) is 9.96. The highest BCUT2D eigenvalue weighted by molar-refractivity contribution is 7.18. The van der Waals surface area contributed by atoms with Crippen molar-refractivity contribution >= 4 is 33.3 Å². The lowest BCUT2D eigenvalue weighted by Gasteiger charge is -2.10. The molecule has 0 amide bonds. The first-order valence-electron chi connectivity index (χ1n) is 5.32. The summed E-state index contributed by atoms with van der Waals surface area (Å²) in [5, 5.41) is 7.44. The van der Waals surface area contributed by atoms with Crippen LogP contribution in [0.1, 0.15) is 18.7 Å². The van der Waals surface area contributed by atoms with E-state index >= 15 is 0 Å². The molecule has 2 N–H and O–H groups in total. The van der Waals surface area contributed by atoms with Gasteiger partial charge in [0, 0.05) is 18.0 Å². The van der Waals surface area contributed by atoms with Gasteiger partial charge in [0.15, 0.2) is 0 Å². The molecule has 0 saturated carbocycles. The molecule has 0 atom stereocenters. The lowest BCUT2D eigenvalue weighted by Crippen LogP contribution is -2.12. The van der Waals surface area contributed by atoms with Gasteiger partial charge in [-0.25, -0.2) is 4.98 Å². The van der Waals surface area contributed by atoms with Gasteiger partial charge in [-0.05, 0) is 26.8 Å². The van der Waals surface area contributed by atoms with Crippen LogP contribution in [0.5, 0.6) is 0 Å². The zero-order valence-corrected chi connectivity index (χ0v) is 10.8. The molecule has 86 valence electrons. The predicted octanol–water partition coefficient (Wildman–Crippen LogP) is 2.86. The minimum absolute atomic E-state index is 0.364. The van der Waals surface area contributed by atoms with Crippen LogP contribution in [0.4, 0.5) is 11.8 Å². The number of anilines is 2. The molecule has 2 aromatic rings. The highest BCUT2D eigenvalue weighted by atomic mass is 32.1. The molecule has 0 aliphatic heterocycles. The van der Waals surface area contributed by atoms with E-state index in [1.54, 1.807) is 11.3 Å². The van der Waals surface area contributed by atoms with Crippen LogP contribution in [0.2, 0.25) is 0 Å². The number of aryl methyl sites for hydroxylation is 1. The third-order valence-electron chi connectivity index (χ3n) is 2.16. The van der Waals surface area contributed by atoms with Crippen LogP contribution in [0.3, 0.4) is 0 Å². The lowest BCUT2D eigenvalue weighted by molar-refractivity contribution is 0.891. The number of aromatic nitrogens is 2. The molecule has 0 saturated heterocycles. The Balaban J connectivity index is 2.58. The summed E-state index contributed by atoms with van der Waals surface area (Å²) >= 11 is 1.69. The fourth-order valence-corrected chi connectivity index (χ4v) is 2.42. The Morgan fingerprint density at radius 2 is 2.06 bits per heavy atom. The normalized spacial score (nSPS) is 11.1. The minimum Gasteiger partial charge on any atom is -0.367 e. The second-order valence-corrected chi connectivity index (χ2v) is 5.26. The number of nitrogens with zero attached hydrogens (tertiary/aromatic N) is 2. The Hall–Kier alpha value is -1.36. The molecule has 0 radical (unpaired) electrons. The highest BCUT2D eigenvalue weighted by Gasteiger charge is 2.10. The van der Waals surface area contributed by atoms with Crippen molar-refractivity contribution in [2.75, 3.05) is 17.7 Å². The van der Waals surface area contributed by atoms with Gasteiger partial charge < -0.3 is 10.6 Å². The first-order chi connectivity index (χ1) is 7.60. The monoisotopic (exact) mass is 236 g/mol. The van der Waals surface area contributed by atoms with Crippen molar-refractivity contribution in [1.82, 2.24) is 9.97 Å². The largest absolute Gasteiger partial charge is 0.367 e. The first-order valence-corrected chi connectivity index (χ1v) is 6.14. The molecule has 0 fully saturated rings. The van der Waals surface area contributed by atoms with E-state index in [4.69, 9.17) is 0 Å². The van der Waals surface area contributed by atoms with Gasteiger partial charge in [-0.2, -0.15) is 4.98 Å². The van der Waals surface area contributed by atoms with Gasteiger partial charge in [0.2, 0.25) is 5.95 Å². The average molecular weight is 236 g/mol. The second-order valence-electron chi connectivity index (χ2n) is 4.02. The molecule has 16 heavy (non-hydrogen) atoms. The molecule has 0 aliphatic rings. The van der Waals surface area contributed by atoms with E-state index in [1.807, 2.05) is 7.05 Å². The van der Waals surface area contributed by atoms with E-state index in [-0.39, 0.29) is 0 Å². The van der Waals surface area contributed by atoms with Crippen molar-refractivity contribution < 1.29 is 0 Å². The van der Waals surface area contributed by atoms with E-state index in [2.05, 4.69) is 47.4 Å². The molecule has 5 heteroatoms. The van der Waals surface area contributed by atoms with Crippen LogP contribution in [0, 0.1) is 6.92 Å². The Labute approximate surface area is 99.1 Å². The second kappa shape index (κ2) is 4.25. The van der Waals surface area contributed by atoms with Crippen molar-refractivity contribution in [2.24, 2.45) is 0 Å². The van der Waals surface area contributed by atoms with Crippen LogP contribution >= 0.6 is 11.3 Å². The smallest absolute Gasteiger partial charge is 0.225 e. The van der Waals surface area contributed by atoms with Crippen molar-refractivity contribution in [3.8, 4) is 0 Å². The van der Waals surface area contributed by atoms with Gasteiger partial charge in [0.25, 0.3) is 0 Å². The standard InChI is InChI=1S/C11H16N4S/c1-6(2)13-9-8-5-7(3)16-10(8)15-11(12-4)14-9/h5-6H,1-4H3,(H2,12,13,14,15). The summed E-state index contributed by atoms with van der Waals surface area (Å²) in [6, 6.07) is 2.49. The SMILES string of the molecule is CNc1nc(NC(C)C)c2cc(C)sc2n1. The summed E-state index contributed by atoms with van der Waals surface area (Å²) in [7, 11) is 1.83. The van der Waals surface area contributed by atoms with Gasteiger partial charge in [0.05, 0.1) is 5.39 Å². The van der Waals surface area contributed by atoms with Crippen molar-refractivity contribution in [3.05, 3.63) is 10.9 Å².